The van der Waals surface area contributed by atoms with Crippen molar-refractivity contribution < 1.29 is 9.18 Å². The van der Waals surface area contributed by atoms with Crippen LogP contribution in [-0.2, 0) is 0 Å². The zero-order valence-electron chi connectivity index (χ0n) is 6.40. The Morgan fingerprint density at radius 2 is 2.17 bits per heavy atom. The van der Waals surface area contributed by atoms with Crippen LogP contribution in [0.5, 0.6) is 0 Å². The summed E-state index contributed by atoms with van der Waals surface area (Å²) < 4.78 is 13.4. The summed E-state index contributed by atoms with van der Waals surface area (Å²) in [5.41, 5.74) is 5.78. The van der Waals surface area contributed by atoms with Gasteiger partial charge in [0.2, 0.25) is 0 Å². The molecule has 0 atom stereocenters. The highest BCUT2D eigenvalue weighted by molar-refractivity contribution is 14.1. The van der Waals surface area contributed by atoms with Crippen molar-refractivity contribution in [2.45, 2.75) is 6.92 Å². The highest BCUT2D eigenvalue weighted by Crippen LogP contribution is 2.19. The second kappa shape index (κ2) is 3.38. The summed E-state index contributed by atoms with van der Waals surface area (Å²) in [5, 5.41) is 0. The Kier molecular flexibility index (Phi) is 2.66. The van der Waals surface area contributed by atoms with Crippen LogP contribution in [0.1, 0.15) is 17.3 Å². The second-order valence-electron chi connectivity index (χ2n) is 2.41. The van der Waals surface area contributed by atoms with E-state index >= 15 is 0 Å². The highest BCUT2D eigenvalue weighted by Gasteiger charge is 2.08. The largest absolute Gasteiger partial charge is 0.396 e. The van der Waals surface area contributed by atoms with E-state index in [0.717, 1.165) is 0 Å². The molecule has 4 heteroatoms. The average Bonchev–Trinajstić information content (AvgIpc) is 1.96. The first-order valence-electron chi connectivity index (χ1n) is 3.28. The van der Waals surface area contributed by atoms with Gasteiger partial charge in [-0.1, -0.05) is 0 Å². The number of carbonyl (C=O) groups is 1. The van der Waals surface area contributed by atoms with E-state index in [1.807, 2.05) is 22.6 Å². The molecule has 2 N–H and O–H groups in total. The molecule has 1 aromatic carbocycles. The smallest absolute Gasteiger partial charge is 0.160 e. The summed E-state index contributed by atoms with van der Waals surface area (Å²) in [4.78, 5) is 10.9. The van der Waals surface area contributed by atoms with E-state index in [9.17, 15) is 9.18 Å². The van der Waals surface area contributed by atoms with Gasteiger partial charge >= 0.3 is 0 Å². The summed E-state index contributed by atoms with van der Waals surface area (Å²) >= 11 is 1.90. The number of benzene rings is 1. The van der Waals surface area contributed by atoms with Gasteiger partial charge in [-0.25, -0.2) is 4.39 Å². The standard InChI is InChI=1S/C8H7FINO/c1-4(12)5-2-8(11)6(9)3-7(5)10/h2-3H,11H2,1H3. The van der Waals surface area contributed by atoms with E-state index in [2.05, 4.69) is 0 Å². The summed E-state index contributed by atoms with van der Waals surface area (Å²) in [6.45, 7) is 1.43. The van der Waals surface area contributed by atoms with Crippen molar-refractivity contribution in [3.63, 3.8) is 0 Å². The quantitative estimate of drug-likeness (QED) is 0.486. The van der Waals surface area contributed by atoms with Gasteiger partial charge in [0.1, 0.15) is 5.82 Å². The van der Waals surface area contributed by atoms with Crippen LogP contribution in [0.25, 0.3) is 0 Å². The minimum atomic E-state index is -0.482. The van der Waals surface area contributed by atoms with Gasteiger partial charge in [-0.15, -0.1) is 0 Å². The lowest BCUT2D eigenvalue weighted by Gasteiger charge is -2.02. The number of nitrogen functional groups attached to an aromatic ring is 1. The number of rotatable bonds is 1. The van der Waals surface area contributed by atoms with Crippen LogP contribution in [0.4, 0.5) is 10.1 Å². The van der Waals surface area contributed by atoms with Crippen LogP contribution in [0.2, 0.25) is 0 Å². The lowest BCUT2D eigenvalue weighted by molar-refractivity contribution is 0.101. The summed E-state index contributed by atoms with van der Waals surface area (Å²) in [5.74, 6) is -0.587. The number of ketones is 1. The maximum Gasteiger partial charge on any atom is 0.160 e. The number of Topliss-reactive ketones (excluding diaryl/α,β-unsaturated/α-hetero) is 1. The fourth-order valence-electron chi connectivity index (χ4n) is 0.836. The molecule has 0 bridgehead atoms. The van der Waals surface area contributed by atoms with Gasteiger partial charge in [-0.3, -0.25) is 4.79 Å². The van der Waals surface area contributed by atoms with E-state index in [1.165, 1.54) is 19.1 Å². The highest BCUT2D eigenvalue weighted by atomic mass is 127. The lowest BCUT2D eigenvalue weighted by Crippen LogP contribution is -2.00. The molecule has 64 valence electrons. The van der Waals surface area contributed by atoms with Crippen LogP contribution >= 0.6 is 22.6 Å². The third kappa shape index (κ3) is 1.74. The molecule has 0 unspecified atom stereocenters. The maximum atomic E-state index is 12.8. The normalized spacial score (nSPS) is 9.92. The molecular formula is C8H7FINO. The molecule has 0 aliphatic carbocycles. The van der Waals surface area contributed by atoms with Gasteiger partial charge in [-0.05, 0) is 41.6 Å². The number of halogens is 2. The molecule has 12 heavy (non-hydrogen) atoms. The van der Waals surface area contributed by atoms with Crippen LogP contribution < -0.4 is 5.73 Å². The van der Waals surface area contributed by atoms with Gasteiger partial charge in [0, 0.05) is 9.13 Å². The second-order valence-corrected chi connectivity index (χ2v) is 3.57. The zero-order chi connectivity index (χ0) is 9.30. The van der Waals surface area contributed by atoms with E-state index in [4.69, 9.17) is 5.73 Å². The molecule has 0 amide bonds. The first-order valence-corrected chi connectivity index (χ1v) is 4.35. The van der Waals surface area contributed by atoms with Gasteiger partial charge in [0.05, 0.1) is 5.69 Å². The van der Waals surface area contributed by atoms with Gasteiger partial charge in [-0.2, -0.15) is 0 Å². The number of hydrogen-bond acceptors (Lipinski definition) is 2. The lowest BCUT2D eigenvalue weighted by atomic mass is 10.1. The molecule has 0 saturated carbocycles. The predicted molar refractivity (Wildman–Crippen MR) is 53.5 cm³/mol. The first kappa shape index (κ1) is 9.44. The molecule has 0 saturated heterocycles. The average molecular weight is 279 g/mol. The first-order chi connectivity index (χ1) is 5.52. The Morgan fingerprint density at radius 1 is 1.58 bits per heavy atom. The van der Waals surface area contributed by atoms with Crippen molar-refractivity contribution in [2.24, 2.45) is 0 Å². The van der Waals surface area contributed by atoms with E-state index < -0.39 is 5.82 Å². The molecule has 2 nitrogen and oxygen atoms in total. The zero-order valence-corrected chi connectivity index (χ0v) is 8.55. The van der Waals surface area contributed by atoms with E-state index in [0.29, 0.717) is 9.13 Å². The molecule has 0 aliphatic heterocycles. The third-order valence-corrected chi connectivity index (χ3v) is 2.36. The molecule has 0 aliphatic rings. The molecule has 1 rings (SSSR count). The molecule has 0 spiro atoms. The molecule has 0 radical (unpaired) electrons. The predicted octanol–water partition coefficient (Wildman–Crippen LogP) is 2.22. The van der Waals surface area contributed by atoms with Gasteiger partial charge < -0.3 is 5.73 Å². The minimum Gasteiger partial charge on any atom is -0.396 e. The van der Waals surface area contributed by atoms with Crippen molar-refractivity contribution >= 4 is 34.1 Å². The van der Waals surface area contributed by atoms with Crippen molar-refractivity contribution in [1.82, 2.24) is 0 Å². The Balaban J connectivity index is 3.33. The minimum absolute atomic E-state index is 0.0145. The van der Waals surface area contributed by atoms with Crippen LogP contribution in [0, 0.1) is 9.39 Å². The fourth-order valence-corrected chi connectivity index (χ4v) is 1.64. The van der Waals surface area contributed by atoms with E-state index in [-0.39, 0.29) is 11.5 Å². The van der Waals surface area contributed by atoms with Gasteiger partial charge in [0.15, 0.2) is 5.78 Å². The molecule has 0 fully saturated rings. The Labute approximate surface area is 83.1 Å². The molecule has 0 aromatic heterocycles. The Morgan fingerprint density at radius 3 is 2.67 bits per heavy atom. The Bertz CT molecular complexity index is 338. The number of anilines is 1. The van der Waals surface area contributed by atoms with Crippen LogP contribution in [0.15, 0.2) is 12.1 Å². The van der Waals surface area contributed by atoms with Crippen molar-refractivity contribution in [1.29, 1.82) is 0 Å². The number of carbonyl (C=O) groups excluding carboxylic acids is 1. The van der Waals surface area contributed by atoms with Gasteiger partial charge in [0.25, 0.3) is 0 Å². The van der Waals surface area contributed by atoms with Crippen LogP contribution in [0.3, 0.4) is 0 Å². The summed E-state index contributed by atoms with van der Waals surface area (Å²) in [6.07, 6.45) is 0. The number of hydrogen-bond donors (Lipinski definition) is 1. The fraction of sp³-hybridized carbons (Fsp3) is 0.125. The molecule has 1 aromatic rings. The monoisotopic (exact) mass is 279 g/mol. The summed E-state index contributed by atoms with van der Waals surface area (Å²) in [7, 11) is 0. The SMILES string of the molecule is CC(=O)c1cc(N)c(F)cc1I. The van der Waals surface area contributed by atoms with Crippen LogP contribution in [-0.4, -0.2) is 5.78 Å². The molecular weight excluding hydrogens is 272 g/mol. The summed E-state index contributed by atoms with van der Waals surface area (Å²) in [6, 6.07) is 2.62. The third-order valence-electron chi connectivity index (χ3n) is 1.47. The molecule has 0 heterocycles. The van der Waals surface area contributed by atoms with Crippen molar-refractivity contribution in [3.05, 3.63) is 27.1 Å². The van der Waals surface area contributed by atoms with Crippen molar-refractivity contribution in [3.8, 4) is 0 Å². The maximum absolute atomic E-state index is 12.8. The topological polar surface area (TPSA) is 43.1 Å². The van der Waals surface area contributed by atoms with Crippen molar-refractivity contribution in [2.75, 3.05) is 5.73 Å². The van der Waals surface area contributed by atoms with E-state index in [1.54, 1.807) is 0 Å². The Hall–Kier alpha value is -0.650. The number of nitrogens with two attached hydrogens (primary N) is 1.